The number of hydrogen-bond acceptors (Lipinski definition) is 4. The highest BCUT2D eigenvalue weighted by Crippen LogP contribution is 2.31. The number of nitrogens with zero attached hydrogens (tertiary/aromatic N) is 4. The van der Waals surface area contributed by atoms with E-state index < -0.39 is 0 Å². The van der Waals surface area contributed by atoms with Gasteiger partial charge >= 0.3 is 0 Å². The summed E-state index contributed by atoms with van der Waals surface area (Å²) in [6.45, 7) is 11.8. The summed E-state index contributed by atoms with van der Waals surface area (Å²) in [7, 11) is 0. The summed E-state index contributed by atoms with van der Waals surface area (Å²) in [5.41, 5.74) is 6.56. The van der Waals surface area contributed by atoms with Crippen LogP contribution in [-0.4, -0.2) is 20.0 Å². The van der Waals surface area contributed by atoms with E-state index in [1.807, 2.05) is 18.2 Å². The van der Waals surface area contributed by atoms with Gasteiger partial charge in [0, 0.05) is 22.4 Å². The van der Waals surface area contributed by atoms with E-state index in [2.05, 4.69) is 88.5 Å². The highest BCUT2D eigenvalue weighted by atomic mass is 32.1. The van der Waals surface area contributed by atoms with Gasteiger partial charge in [-0.2, -0.15) is 15.0 Å². The van der Waals surface area contributed by atoms with Gasteiger partial charge in [-0.1, -0.05) is 88.4 Å². The molecule has 0 unspecified atom stereocenters. The zero-order valence-corrected chi connectivity index (χ0v) is 21.6. The number of aryl methyl sites for hydroxylation is 1. The molecule has 0 aliphatic rings. The second-order valence-corrected chi connectivity index (χ2v) is 10.7. The first-order valence-corrected chi connectivity index (χ1v) is 12.9. The summed E-state index contributed by atoms with van der Waals surface area (Å²) in [6, 6.07) is 18.9. The van der Waals surface area contributed by atoms with E-state index in [1.54, 1.807) is 16.1 Å². The third-order valence-corrected chi connectivity index (χ3v) is 7.04. The molecule has 0 saturated heterocycles. The first kappa shape index (κ1) is 24.1. The van der Waals surface area contributed by atoms with Crippen molar-refractivity contribution in [3.05, 3.63) is 82.3 Å². The number of rotatable bonds is 9. The summed E-state index contributed by atoms with van der Waals surface area (Å²) in [6.07, 6.45) is 6.49. The first-order valence-electron chi connectivity index (χ1n) is 12.1. The second kappa shape index (κ2) is 10.5. The van der Waals surface area contributed by atoms with Crippen molar-refractivity contribution >= 4 is 17.4 Å². The number of thiazole rings is 1. The lowest BCUT2D eigenvalue weighted by atomic mass is 9.84. The molecule has 0 bridgehead atoms. The van der Waals surface area contributed by atoms with E-state index in [1.165, 1.54) is 16.3 Å². The minimum Gasteiger partial charge on any atom is -0.246 e. The molecule has 0 amide bonds. The fourth-order valence-electron chi connectivity index (χ4n) is 4.01. The molecule has 0 saturated carbocycles. The Morgan fingerprint density at radius 1 is 0.971 bits per heavy atom. The van der Waals surface area contributed by atoms with Gasteiger partial charge in [-0.15, -0.1) is 11.3 Å². The molecule has 5 heteroatoms. The smallest absolute Gasteiger partial charge is 0.121 e. The van der Waals surface area contributed by atoms with Crippen molar-refractivity contribution in [2.45, 2.75) is 59.9 Å². The van der Waals surface area contributed by atoms with E-state index in [-0.39, 0.29) is 5.41 Å². The van der Waals surface area contributed by atoms with Crippen LogP contribution in [0.3, 0.4) is 0 Å². The summed E-state index contributed by atoms with van der Waals surface area (Å²) in [5, 5.41) is 13.0. The predicted octanol–water partition coefficient (Wildman–Crippen LogP) is 7.88. The van der Waals surface area contributed by atoms with Crippen molar-refractivity contribution in [2.24, 2.45) is 5.41 Å². The molecule has 176 valence electrons. The molecule has 0 radical (unpaired) electrons. The molecular formula is C29H34N4S. The van der Waals surface area contributed by atoms with Gasteiger partial charge < -0.3 is 0 Å². The predicted molar refractivity (Wildman–Crippen MR) is 144 cm³/mol. The summed E-state index contributed by atoms with van der Waals surface area (Å²) in [4.78, 5) is 6.60. The van der Waals surface area contributed by atoms with Gasteiger partial charge in [0.15, 0.2) is 0 Å². The van der Waals surface area contributed by atoms with Crippen LogP contribution >= 0.6 is 11.3 Å². The maximum Gasteiger partial charge on any atom is 0.121 e. The molecule has 4 nitrogen and oxygen atoms in total. The zero-order chi connectivity index (χ0) is 24.1. The number of allylic oxidation sites excluding steroid dienone is 1. The Balaban J connectivity index is 1.50. The molecule has 0 fully saturated rings. The molecule has 0 atom stereocenters. The van der Waals surface area contributed by atoms with Gasteiger partial charge in [0.2, 0.25) is 0 Å². The molecule has 4 rings (SSSR count). The molecule has 2 heterocycles. The van der Waals surface area contributed by atoms with E-state index in [9.17, 15) is 0 Å². The van der Waals surface area contributed by atoms with Gasteiger partial charge in [-0.25, -0.2) is 4.98 Å². The average molecular weight is 471 g/mol. The topological polar surface area (TPSA) is 43.6 Å². The standard InChI is InChI=1S/C29H34N4S/c1-6-33-31-26(23-14-8-7-9-15-23)27(32-33)24-16-10-12-22(18-24)13-11-17-29(4,5)19-25-20-34-28(30-25)21(2)3/h7-16,18,20-21H,6,17,19H2,1-5H3/b13-11+. The zero-order valence-electron chi connectivity index (χ0n) is 20.8. The SMILES string of the molecule is CCn1nc(-c2ccccc2)c(-c2cccc(/C=C/CC(C)(C)Cc3csc(C(C)C)n3)c2)n1. The van der Waals surface area contributed by atoms with Crippen LogP contribution < -0.4 is 0 Å². The van der Waals surface area contributed by atoms with E-state index in [4.69, 9.17) is 15.2 Å². The largest absolute Gasteiger partial charge is 0.246 e. The van der Waals surface area contributed by atoms with Crippen molar-refractivity contribution in [3.63, 3.8) is 0 Å². The Morgan fingerprint density at radius 3 is 2.35 bits per heavy atom. The third kappa shape index (κ3) is 5.89. The highest BCUT2D eigenvalue weighted by Gasteiger charge is 2.19. The Morgan fingerprint density at radius 2 is 1.68 bits per heavy atom. The molecule has 34 heavy (non-hydrogen) atoms. The molecular weight excluding hydrogens is 436 g/mol. The third-order valence-electron chi connectivity index (χ3n) is 5.85. The van der Waals surface area contributed by atoms with Crippen LogP contribution in [0, 0.1) is 5.41 Å². The molecule has 2 aromatic heterocycles. The normalized spacial score (nSPS) is 12.2. The van der Waals surface area contributed by atoms with E-state index >= 15 is 0 Å². The van der Waals surface area contributed by atoms with Gasteiger partial charge in [-0.05, 0) is 36.8 Å². The summed E-state index contributed by atoms with van der Waals surface area (Å²) >= 11 is 1.78. The molecule has 0 spiro atoms. The van der Waals surface area contributed by atoms with Crippen molar-refractivity contribution in [1.29, 1.82) is 0 Å². The Bertz CT molecular complexity index is 1250. The number of hydrogen-bond donors (Lipinski definition) is 0. The monoisotopic (exact) mass is 470 g/mol. The van der Waals surface area contributed by atoms with Crippen LogP contribution in [-0.2, 0) is 13.0 Å². The van der Waals surface area contributed by atoms with Crippen LogP contribution in [0.5, 0.6) is 0 Å². The van der Waals surface area contributed by atoms with Crippen molar-refractivity contribution in [3.8, 4) is 22.5 Å². The lowest BCUT2D eigenvalue weighted by Gasteiger charge is -2.21. The Hall–Kier alpha value is -3.05. The lowest BCUT2D eigenvalue weighted by Crippen LogP contribution is -2.14. The van der Waals surface area contributed by atoms with Crippen LogP contribution in [0.1, 0.15) is 63.2 Å². The highest BCUT2D eigenvalue weighted by molar-refractivity contribution is 7.09. The maximum absolute atomic E-state index is 4.83. The van der Waals surface area contributed by atoms with Crippen molar-refractivity contribution < 1.29 is 0 Å². The molecule has 0 aliphatic heterocycles. The first-order chi connectivity index (χ1) is 16.3. The van der Waals surface area contributed by atoms with Gasteiger partial charge in [0.05, 0.1) is 17.2 Å². The molecule has 0 N–H and O–H groups in total. The fraction of sp³-hybridized carbons (Fsp3) is 0.345. The van der Waals surface area contributed by atoms with Gasteiger partial charge in [0.1, 0.15) is 11.4 Å². The summed E-state index contributed by atoms with van der Waals surface area (Å²) in [5.74, 6) is 0.496. The van der Waals surface area contributed by atoms with Gasteiger partial charge in [-0.3, -0.25) is 0 Å². The van der Waals surface area contributed by atoms with Crippen LogP contribution in [0.2, 0.25) is 0 Å². The molecule has 0 aliphatic carbocycles. The quantitative estimate of drug-likeness (QED) is 0.250. The fourth-order valence-corrected chi connectivity index (χ4v) is 4.84. The van der Waals surface area contributed by atoms with Crippen LogP contribution in [0.15, 0.2) is 66.1 Å². The van der Waals surface area contributed by atoms with Crippen LogP contribution in [0.25, 0.3) is 28.6 Å². The minimum absolute atomic E-state index is 0.154. The van der Waals surface area contributed by atoms with E-state index in [0.29, 0.717) is 5.92 Å². The average Bonchev–Trinajstić information content (AvgIpc) is 3.47. The van der Waals surface area contributed by atoms with Gasteiger partial charge in [0.25, 0.3) is 0 Å². The van der Waals surface area contributed by atoms with E-state index in [0.717, 1.165) is 41.9 Å². The molecule has 4 aromatic rings. The number of benzene rings is 2. The maximum atomic E-state index is 4.83. The van der Waals surface area contributed by atoms with Crippen molar-refractivity contribution in [2.75, 3.05) is 0 Å². The lowest BCUT2D eigenvalue weighted by molar-refractivity contribution is 0.365. The molecule has 2 aromatic carbocycles. The van der Waals surface area contributed by atoms with Crippen LogP contribution in [0.4, 0.5) is 0 Å². The van der Waals surface area contributed by atoms with Crippen molar-refractivity contribution in [1.82, 2.24) is 20.0 Å². The minimum atomic E-state index is 0.154. The second-order valence-electron chi connectivity index (χ2n) is 9.86. The Kier molecular flexibility index (Phi) is 7.42. The summed E-state index contributed by atoms with van der Waals surface area (Å²) < 4.78 is 0. The number of aromatic nitrogens is 4. The Labute approximate surface area is 207 Å².